The van der Waals surface area contributed by atoms with Crippen LogP contribution < -0.4 is 5.32 Å². The number of piperidine rings is 1. The fraction of sp³-hybridized carbons (Fsp3) is 0.375. The smallest absolute Gasteiger partial charge is 0.241 e. The Labute approximate surface area is 177 Å². The largest absolute Gasteiger partial charge is 0.355 e. The van der Waals surface area contributed by atoms with Crippen LogP contribution in [0.25, 0.3) is 11.4 Å². The van der Waals surface area contributed by atoms with Crippen LogP contribution in [0.4, 0.5) is 0 Å². The second-order valence-corrected chi connectivity index (χ2v) is 7.93. The lowest BCUT2D eigenvalue weighted by atomic mass is 9.97. The molecular formula is C24H28N4O2. The molecular weight excluding hydrogens is 376 g/mol. The number of nitrogens with zero attached hydrogens (tertiary/aromatic N) is 3. The third kappa shape index (κ3) is 5.13. The molecule has 1 aliphatic rings. The first-order valence-corrected chi connectivity index (χ1v) is 10.6. The van der Waals surface area contributed by atoms with Crippen molar-refractivity contribution >= 4 is 5.91 Å². The Morgan fingerprint density at radius 1 is 1.17 bits per heavy atom. The Hall–Kier alpha value is -2.99. The number of likely N-dealkylation sites (tertiary alicyclic amines) is 1. The molecule has 1 aromatic heterocycles. The molecule has 1 aliphatic heterocycles. The van der Waals surface area contributed by atoms with E-state index in [9.17, 15) is 4.79 Å². The second-order valence-electron chi connectivity index (χ2n) is 7.93. The van der Waals surface area contributed by atoms with Gasteiger partial charge in [0, 0.05) is 18.7 Å². The van der Waals surface area contributed by atoms with Crippen molar-refractivity contribution in [2.24, 2.45) is 5.92 Å². The summed E-state index contributed by atoms with van der Waals surface area (Å²) in [5.74, 6) is 1.36. The molecule has 0 bridgehead atoms. The maximum atomic E-state index is 12.6. The minimum absolute atomic E-state index is 0.00767. The molecule has 30 heavy (non-hydrogen) atoms. The monoisotopic (exact) mass is 404 g/mol. The maximum absolute atomic E-state index is 12.6. The SMILES string of the molecule is Cc1ccccc1-c1noc(CN2CCCC(C(=O)NCCc3ccccc3)C2)n1. The Kier molecular flexibility index (Phi) is 6.54. The molecule has 1 saturated heterocycles. The number of hydrogen-bond donors (Lipinski definition) is 1. The van der Waals surface area contributed by atoms with Gasteiger partial charge in [-0.25, -0.2) is 0 Å². The number of hydrogen-bond acceptors (Lipinski definition) is 5. The van der Waals surface area contributed by atoms with Crippen molar-refractivity contribution in [1.82, 2.24) is 20.4 Å². The highest BCUT2D eigenvalue weighted by Gasteiger charge is 2.26. The molecule has 6 heteroatoms. The third-order valence-electron chi connectivity index (χ3n) is 5.64. The number of aromatic nitrogens is 2. The van der Waals surface area contributed by atoms with Crippen LogP contribution in [-0.2, 0) is 17.8 Å². The van der Waals surface area contributed by atoms with Crippen LogP contribution in [-0.4, -0.2) is 40.6 Å². The topological polar surface area (TPSA) is 71.3 Å². The molecule has 156 valence electrons. The average molecular weight is 405 g/mol. The van der Waals surface area contributed by atoms with Gasteiger partial charge >= 0.3 is 0 Å². The quantitative estimate of drug-likeness (QED) is 0.651. The summed E-state index contributed by atoms with van der Waals surface area (Å²) in [4.78, 5) is 19.4. The molecule has 6 nitrogen and oxygen atoms in total. The van der Waals surface area contributed by atoms with E-state index in [4.69, 9.17) is 4.52 Å². The number of aryl methyl sites for hydroxylation is 1. The van der Waals surface area contributed by atoms with Crippen molar-refractivity contribution in [1.29, 1.82) is 0 Å². The van der Waals surface area contributed by atoms with Crippen molar-refractivity contribution in [2.45, 2.75) is 32.7 Å². The Morgan fingerprint density at radius 2 is 1.97 bits per heavy atom. The van der Waals surface area contributed by atoms with Crippen LogP contribution in [0.1, 0.15) is 29.9 Å². The molecule has 4 rings (SSSR count). The minimum Gasteiger partial charge on any atom is -0.355 e. The van der Waals surface area contributed by atoms with Crippen molar-refractivity contribution in [3.63, 3.8) is 0 Å². The normalized spacial score (nSPS) is 17.0. The van der Waals surface area contributed by atoms with E-state index < -0.39 is 0 Å². The predicted octanol–water partition coefficient (Wildman–Crippen LogP) is 3.62. The summed E-state index contributed by atoms with van der Waals surface area (Å²) in [6.07, 6.45) is 2.77. The fourth-order valence-electron chi connectivity index (χ4n) is 3.98. The number of carbonyl (C=O) groups excluding carboxylic acids is 1. The van der Waals surface area contributed by atoms with Gasteiger partial charge in [-0.3, -0.25) is 9.69 Å². The first-order chi connectivity index (χ1) is 14.7. The van der Waals surface area contributed by atoms with Gasteiger partial charge in [0.2, 0.25) is 17.6 Å². The van der Waals surface area contributed by atoms with Crippen LogP contribution >= 0.6 is 0 Å². The van der Waals surface area contributed by atoms with Crippen LogP contribution in [0, 0.1) is 12.8 Å². The summed E-state index contributed by atoms with van der Waals surface area (Å²) >= 11 is 0. The van der Waals surface area contributed by atoms with E-state index in [0.29, 0.717) is 24.8 Å². The van der Waals surface area contributed by atoms with Gasteiger partial charge in [-0.15, -0.1) is 0 Å². The zero-order valence-corrected chi connectivity index (χ0v) is 17.4. The van der Waals surface area contributed by atoms with Crippen molar-refractivity contribution in [2.75, 3.05) is 19.6 Å². The molecule has 1 amide bonds. The summed E-state index contributed by atoms with van der Waals surface area (Å²) in [5, 5.41) is 7.24. The van der Waals surface area contributed by atoms with Gasteiger partial charge in [-0.2, -0.15) is 4.98 Å². The zero-order valence-electron chi connectivity index (χ0n) is 17.4. The first-order valence-electron chi connectivity index (χ1n) is 10.6. The first kappa shape index (κ1) is 20.3. The molecule has 2 heterocycles. The molecule has 0 saturated carbocycles. The standard InChI is InChI=1S/C24H28N4O2/c1-18-8-5-6-12-21(18)23-26-22(30-27-23)17-28-15-7-11-20(16-28)24(29)25-14-13-19-9-3-2-4-10-19/h2-6,8-10,12,20H,7,11,13-17H2,1H3,(H,25,29). The van der Waals surface area contributed by atoms with Crippen LogP contribution in [0.2, 0.25) is 0 Å². The lowest BCUT2D eigenvalue weighted by Gasteiger charge is -2.30. The minimum atomic E-state index is 0.00767. The molecule has 2 aromatic carbocycles. The highest BCUT2D eigenvalue weighted by Crippen LogP contribution is 2.22. The number of carbonyl (C=O) groups is 1. The van der Waals surface area contributed by atoms with Gasteiger partial charge in [0.25, 0.3) is 0 Å². The molecule has 0 radical (unpaired) electrons. The fourth-order valence-corrected chi connectivity index (χ4v) is 3.98. The summed E-state index contributed by atoms with van der Waals surface area (Å²) < 4.78 is 5.48. The Morgan fingerprint density at radius 3 is 2.80 bits per heavy atom. The molecule has 1 N–H and O–H groups in total. The van der Waals surface area contributed by atoms with E-state index >= 15 is 0 Å². The Bertz CT molecular complexity index is 970. The molecule has 1 atom stereocenters. The van der Waals surface area contributed by atoms with Gasteiger partial charge in [0.1, 0.15) is 0 Å². The van der Waals surface area contributed by atoms with Gasteiger partial charge in [-0.05, 0) is 43.9 Å². The van der Waals surface area contributed by atoms with Crippen LogP contribution in [0.15, 0.2) is 59.1 Å². The number of amides is 1. The number of nitrogens with one attached hydrogen (secondary N) is 1. The maximum Gasteiger partial charge on any atom is 0.241 e. The number of rotatable bonds is 7. The molecule has 0 aliphatic carbocycles. The molecule has 1 fully saturated rings. The highest BCUT2D eigenvalue weighted by molar-refractivity contribution is 5.79. The van der Waals surface area contributed by atoms with E-state index in [1.54, 1.807) is 0 Å². The zero-order chi connectivity index (χ0) is 20.8. The lowest BCUT2D eigenvalue weighted by molar-refractivity contribution is -0.126. The van der Waals surface area contributed by atoms with Gasteiger partial charge in [-0.1, -0.05) is 59.8 Å². The van der Waals surface area contributed by atoms with Crippen LogP contribution in [0.3, 0.4) is 0 Å². The summed E-state index contributed by atoms with van der Waals surface area (Å²) in [5.41, 5.74) is 3.35. The van der Waals surface area contributed by atoms with Crippen LogP contribution in [0.5, 0.6) is 0 Å². The summed E-state index contributed by atoms with van der Waals surface area (Å²) in [6.45, 7) is 4.95. The molecule has 3 aromatic rings. The van der Waals surface area contributed by atoms with Gasteiger partial charge < -0.3 is 9.84 Å². The van der Waals surface area contributed by atoms with Gasteiger partial charge in [0.05, 0.1) is 12.5 Å². The third-order valence-corrected chi connectivity index (χ3v) is 5.64. The highest BCUT2D eigenvalue weighted by atomic mass is 16.5. The Balaban J connectivity index is 1.29. The van der Waals surface area contributed by atoms with E-state index in [1.807, 2.05) is 49.4 Å². The predicted molar refractivity (Wildman–Crippen MR) is 116 cm³/mol. The van der Waals surface area contributed by atoms with E-state index in [1.165, 1.54) is 5.56 Å². The van der Waals surface area contributed by atoms with E-state index in [-0.39, 0.29) is 11.8 Å². The van der Waals surface area contributed by atoms with Crippen molar-refractivity contribution in [3.05, 3.63) is 71.6 Å². The van der Waals surface area contributed by atoms with Gasteiger partial charge in [0.15, 0.2) is 0 Å². The molecule has 0 spiro atoms. The van der Waals surface area contributed by atoms with E-state index in [2.05, 4.69) is 32.5 Å². The van der Waals surface area contributed by atoms with E-state index in [0.717, 1.165) is 43.5 Å². The average Bonchev–Trinajstić information content (AvgIpc) is 3.23. The second kappa shape index (κ2) is 9.67. The van der Waals surface area contributed by atoms with Crippen molar-refractivity contribution in [3.8, 4) is 11.4 Å². The summed E-state index contributed by atoms with van der Waals surface area (Å²) in [6, 6.07) is 18.2. The molecule has 1 unspecified atom stereocenters. The summed E-state index contributed by atoms with van der Waals surface area (Å²) in [7, 11) is 0. The lowest BCUT2D eigenvalue weighted by Crippen LogP contribution is -2.43. The number of benzene rings is 2. The van der Waals surface area contributed by atoms with Crippen molar-refractivity contribution < 1.29 is 9.32 Å².